The molecule has 4 heteroatoms. The van der Waals surface area contributed by atoms with E-state index in [1.54, 1.807) is 0 Å². The fraction of sp³-hybridized carbons (Fsp3) is 0.200. The Labute approximate surface area is 119 Å². The maximum Gasteiger partial charge on any atom is 0.156 e. The van der Waals surface area contributed by atoms with Crippen LogP contribution in [0.1, 0.15) is 16.5 Å². The molecular weight excluding hydrogens is 280 g/mol. The Balaban J connectivity index is 2.06. The van der Waals surface area contributed by atoms with Crippen LogP contribution in [0.3, 0.4) is 0 Å². The van der Waals surface area contributed by atoms with Crippen LogP contribution in [0.2, 0.25) is 0 Å². The third kappa shape index (κ3) is 4.37. The zero-order valence-corrected chi connectivity index (χ0v) is 11.9. The summed E-state index contributed by atoms with van der Waals surface area (Å²) < 4.78 is 24.2. The molecule has 0 fully saturated rings. The standard InChI is InChI=1S/C15H15ClO2S/c16-15(14-9-5-2-6-10-14)12-19(17,18)11-13-7-3-1-4-8-13/h1-10,15H,11-12H2. The number of rotatable bonds is 5. The molecule has 0 aliphatic carbocycles. The van der Waals surface area contributed by atoms with Crippen LogP contribution >= 0.6 is 11.6 Å². The molecule has 2 aromatic rings. The van der Waals surface area contributed by atoms with Gasteiger partial charge in [-0.2, -0.15) is 0 Å². The highest BCUT2D eigenvalue weighted by molar-refractivity contribution is 7.90. The molecule has 1 atom stereocenters. The summed E-state index contributed by atoms with van der Waals surface area (Å²) in [4.78, 5) is 0. The normalized spacial score (nSPS) is 13.1. The van der Waals surface area contributed by atoms with E-state index in [0.29, 0.717) is 0 Å². The van der Waals surface area contributed by atoms with Crippen LogP contribution in [0.15, 0.2) is 60.7 Å². The van der Waals surface area contributed by atoms with Crippen molar-refractivity contribution in [2.45, 2.75) is 11.1 Å². The van der Waals surface area contributed by atoms with Crippen LogP contribution in [0.25, 0.3) is 0 Å². The first-order valence-corrected chi connectivity index (χ1v) is 8.26. The topological polar surface area (TPSA) is 34.1 Å². The van der Waals surface area contributed by atoms with E-state index in [1.807, 2.05) is 60.7 Å². The van der Waals surface area contributed by atoms with Crippen molar-refractivity contribution in [1.29, 1.82) is 0 Å². The number of hydrogen-bond donors (Lipinski definition) is 0. The minimum Gasteiger partial charge on any atom is -0.228 e. The van der Waals surface area contributed by atoms with Crippen LogP contribution in [0, 0.1) is 0 Å². The Morgan fingerprint density at radius 3 is 2.00 bits per heavy atom. The van der Waals surface area contributed by atoms with Gasteiger partial charge in [0.25, 0.3) is 0 Å². The average Bonchev–Trinajstić information content (AvgIpc) is 2.39. The van der Waals surface area contributed by atoms with Gasteiger partial charge in [-0.1, -0.05) is 60.7 Å². The van der Waals surface area contributed by atoms with Crippen molar-refractivity contribution < 1.29 is 8.42 Å². The second-order valence-corrected chi connectivity index (χ2v) is 7.05. The number of alkyl halides is 1. The third-order valence-corrected chi connectivity index (χ3v) is 4.99. The van der Waals surface area contributed by atoms with Gasteiger partial charge in [-0.25, -0.2) is 8.42 Å². The lowest BCUT2D eigenvalue weighted by Crippen LogP contribution is -2.13. The second-order valence-electron chi connectivity index (χ2n) is 4.42. The summed E-state index contributed by atoms with van der Waals surface area (Å²) in [6, 6.07) is 18.4. The molecule has 0 spiro atoms. The van der Waals surface area contributed by atoms with E-state index in [0.717, 1.165) is 11.1 Å². The molecule has 0 radical (unpaired) electrons. The van der Waals surface area contributed by atoms with Gasteiger partial charge in [-0.15, -0.1) is 11.6 Å². The van der Waals surface area contributed by atoms with E-state index in [-0.39, 0.29) is 11.5 Å². The maximum absolute atomic E-state index is 12.1. The van der Waals surface area contributed by atoms with Gasteiger partial charge in [0.15, 0.2) is 9.84 Å². The summed E-state index contributed by atoms with van der Waals surface area (Å²) >= 11 is 6.18. The summed E-state index contributed by atoms with van der Waals surface area (Å²) in [6.45, 7) is 0. The van der Waals surface area contributed by atoms with Crippen molar-refractivity contribution in [3.8, 4) is 0 Å². The van der Waals surface area contributed by atoms with Gasteiger partial charge in [0.2, 0.25) is 0 Å². The first-order chi connectivity index (χ1) is 9.07. The van der Waals surface area contributed by atoms with Crippen molar-refractivity contribution in [2.75, 3.05) is 5.75 Å². The van der Waals surface area contributed by atoms with Gasteiger partial charge >= 0.3 is 0 Å². The molecule has 0 bridgehead atoms. The Hall–Kier alpha value is -1.32. The third-order valence-electron chi connectivity index (χ3n) is 2.79. The van der Waals surface area contributed by atoms with E-state index >= 15 is 0 Å². The molecular formula is C15H15ClO2S. The number of halogens is 1. The summed E-state index contributed by atoms with van der Waals surface area (Å²) in [7, 11) is -3.21. The molecule has 2 aromatic carbocycles. The largest absolute Gasteiger partial charge is 0.228 e. The molecule has 0 amide bonds. The quantitative estimate of drug-likeness (QED) is 0.790. The van der Waals surface area contributed by atoms with Crippen LogP contribution in [0.5, 0.6) is 0 Å². The molecule has 0 saturated heterocycles. The molecule has 19 heavy (non-hydrogen) atoms. The van der Waals surface area contributed by atoms with Crippen molar-refractivity contribution in [2.24, 2.45) is 0 Å². The highest BCUT2D eigenvalue weighted by Gasteiger charge is 2.19. The van der Waals surface area contributed by atoms with E-state index < -0.39 is 15.2 Å². The van der Waals surface area contributed by atoms with E-state index in [1.165, 1.54) is 0 Å². The van der Waals surface area contributed by atoms with E-state index in [2.05, 4.69) is 0 Å². The Morgan fingerprint density at radius 2 is 1.42 bits per heavy atom. The van der Waals surface area contributed by atoms with E-state index in [9.17, 15) is 8.42 Å². The molecule has 0 heterocycles. The summed E-state index contributed by atoms with van der Waals surface area (Å²) in [5.41, 5.74) is 1.63. The SMILES string of the molecule is O=S(=O)(Cc1ccccc1)CC(Cl)c1ccccc1. The zero-order valence-electron chi connectivity index (χ0n) is 10.4. The van der Waals surface area contributed by atoms with Gasteiger partial charge in [-0.3, -0.25) is 0 Å². The van der Waals surface area contributed by atoms with Crippen LogP contribution in [0.4, 0.5) is 0 Å². The minimum atomic E-state index is -3.21. The molecule has 100 valence electrons. The minimum absolute atomic E-state index is 0.0316. The van der Waals surface area contributed by atoms with Gasteiger partial charge < -0.3 is 0 Å². The molecule has 1 unspecified atom stereocenters. The van der Waals surface area contributed by atoms with Gasteiger partial charge in [0.1, 0.15) is 0 Å². The smallest absolute Gasteiger partial charge is 0.156 e. The monoisotopic (exact) mass is 294 g/mol. The van der Waals surface area contributed by atoms with Crippen LogP contribution < -0.4 is 0 Å². The fourth-order valence-corrected chi connectivity index (χ4v) is 4.05. The molecule has 2 rings (SSSR count). The lowest BCUT2D eigenvalue weighted by molar-refractivity contribution is 0.594. The van der Waals surface area contributed by atoms with Gasteiger partial charge in [-0.05, 0) is 11.1 Å². The average molecular weight is 295 g/mol. The molecule has 0 aromatic heterocycles. The van der Waals surface area contributed by atoms with E-state index in [4.69, 9.17) is 11.6 Å². The molecule has 0 N–H and O–H groups in total. The lowest BCUT2D eigenvalue weighted by Gasteiger charge is -2.10. The first-order valence-electron chi connectivity index (χ1n) is 6.00. The summed E-state index contributed by atoms with van der Waals surface area (Å²) in [6.07, 6.45) is 0. The fourth-order valence-electron chi connectivity index (χ4n) is 1.87. The zero-order chi connectivity index (χ0) is 13.7. The van der Waals surface area contributed by atoms with Gasteiger partial charge in [0.05, 0.1) is 16.9 Å². The number of hydrogen-bond acceptors (Lipinski definition) is 2. The van der Waals surface area contributed by atoms with Crippen molar-refractivity contribution in [3.05, 3.63) is 71.8 Å². The van der Waals surface area contributed by atoms with Crippen molar-refractivity contribution >= 4 is 21.4 Å². The first kappa shape index (κ1) is 14.1. The molecule has 0 aliphatic heterocycles. The number of benzene rings is 2. The van der Waals surface area contributed by atoms with Crippen LogP contribution in [-0.2, 0) is 15.6 Å². The maximum atomic E-state index is 12.1. The van der Waals surface area contributed by atoms with Gasteiger partial charge in [0, 0.05) is 0 Å². The van der Waals surface area contributed by atoms with Crippen LogP contribution in [-0.4, -0.2) is 14.2 Å². The predicted molar refractivity (Wildman–Crippen MR) is 79.0 cm³/mol. The highest BCUT2D eigenvalue weighted by Crippen LogP contribution is 2.23. The lowest BCUT2D eigenvalue weighted by atomic mass is 10.2. The Kier molecular flexibility index (Phi) is 4.61. The summed E-state index contributed by atoms with van der Waals surface area (Å²) in [5.74, 6) is -0.0165. The Bertz CT molecular complexity index is 609. The predicted octanol–water partition coefficient (Wildman–Crippen LogP) is 3.58. The second kappa shape index (κ2) is 6.22. The number of sulfone groups is 1. The molecule has 0 aliphatic rings. The molecule has 2 nitrogen and oxygen atoms in total. The van der Waals surface area contributed by atoms with Crippen molar-refractivity contribution in [1.82, 2.24) is 0 Å². The van der Waals surface area contributed by atoms with Crippen molar-refractivity contribution in [3.63, 3.8) is 0 Å². The highest BCUT2D eigenvalue weighted by atomic mass is 35.5. The summed E-state index contributed by atoms with van der Waals surface area (Å²) in [5, 5.41) is -0.505. The Morgan fingerprint density at radius 1 is 0.895 bits per heavy atom. The molecule has 0 saturated carbocycles.